The van der Waals surface area contributed by atoms with Crippen LogP contribution in [-0.4, -0.2) is 34.4 Å². The normalized spacial score (nSPS) is 12.5. The number of pyridine rings is 1. The van der Waals surface area contributed by atoms with Crippen molar-refractivity contribution in [1.82, 2.24) is 4.98 Å². The van der Waals surface area contributed by atoms with Crippen molar-refractivity contribution in [3.63, 3.8) is 0 Å². The number of anilines is 2. The molecule has 0 unspecified atom stereocenters. The molecule has 5 rings (SSSR count). The third-order valence-corrected chi connectivity index (χ3v) is 7.93. The summed E-state index contributed by atoms with van der Waals surface area (Å²) in [5.41, 5.74) is 2.81. The molecule has 39 heavy (non-hydrogen) atoms. The van der Waals surface area contributed by atoms with E-state index in [4.69, 9.17) is 27.9 Å². The molecule has 1 aliphatic heterocycles. The highest BCUT2D eigenvalue weighted by Gasteiger charge is 2.27. The molecule has 0 bridgehead atoms. The predicted molar refractivity (Wildman–Crippen MR) is 151 cm³/mol. The highest BCUT2D eigenvalue weighted by molar-refractivity contribution is 7.18. The number of carbonyl (C=O) groups excluding carboxylic acids is 2. The number of halogens is 2. The summed E-state index contributed by atoms with van der Waals surface area (Å²) < 4.78 is 5.95. The van der Waals surface area contributed by atoms with Crippen LogP contribution in [0.5, 0.6) is 11.6 Å². The van der Waals surface area contributed by atoms with Crippen molar-refractivity contribution in [2.75, 3.05) is 16.8 Å². The maximum Gasteiger partial charge on any atom is 0.346 e. The van der Waals surface area contributed by atoms with Gasteiger partial charge in [0.15, 0.2) is 0 Å². The monoisotopic (exact) mass is 581 g/mol. The van der Waals surface area contributed by atoms with E-state index in [-0.39, 0.29) is 43.6 Å². The number of thiophene rings is 1. The second-order valence-electron chi connectivity index (χ2n) is 8.79. The quantitative estimate of drug-likeness (QED) is 0.251. The van der Waals surface area contributed by atoms with Gasteiger partial charge in [-0.25, -0.2) is 9.78 Å². The Hall–Kier alpha value is -3.92. The first-order valence-corrected chi connectivity index (χ1v) is 13.5. The molecular formula is C28H21Cl2N3O5S. The van der Waals surface area contributed by atoms with Gasteiger partial charge in [0.2, 0.25) is 5.88 Å². The number of carboxylic acids is 1. The first kappa shape index (κ1) is 26.7. The molecule has 2 aromatic heterocycles. The van der Waals surface area contributed by atoms with E-state index < -0.39 is 11.9 Å². The van der Waals surface area contributed by atoms with Gasteiger partial charge in [0.05, 0.1) is 20.6 Å². The minimum atomic E-state index is -1.07. The fourth-order valence-electron chi connectivity index (χ4n) is 4.35. The number of aryl methyl sites for hydroxylation is 2. The molecule has 11 heteroatoms. The van der Waals surface area contributed by atoms with Crippen LogP contribution in [0.15, 0.2) is 60.8 Å². The standard InChI is InChI=1S/C28H21Cl2N3O5S/c1-15-12-23(39-24(15)28(36)37)32-25(34)18-13-20(30)22(14-19(18)29)38-26-17(8-4-10-31-26)27(35)33-11-5-7-16-6-2-3-9-21(16)33/h2-4,6,8-10,12-14H,5,7,11H2,1H3,(H,32,34)(H,36,37). The molecule has 2 amide bonds. The van der Waals surface area contributed by atoms with Gasteiger partial charge in [0.25, 0.3) is 11.8 Å². The van der Waals surface area contributed by atoms with E-state index >= 15 is 0 Å². The number of hydrogen-bond acceptors (Lipinski definition) is 6. The van der Waals surface area contributed by atoms with Crippen molar-refractivity contribution in [1.29, 1.82) is 0 Å². The fourth-order valence-corrected chi connectivity index (χ4v) is 5.69. The Morgan fingerprint density at radius 2 is 1.85 bits per heavy atom. The summed E-state index contributed by atoms with van der Waals surface area (Å²) in [6, 6.07) is 15.4. The summed E-state index contributed by atoms with van der Waals surface area (Å²) in [4.78, 5) is 43.8. The number of para-hydroxylation sites is 1. The Morgan fingerprint density at radius 3 is 2.62 bits per heavy atom. The van der Waals surface area contributed by atoms with Crippen LogP contribution in [0.2, 0.25) is 10.0 Å². The van der Waals surface area contributed by atoms with E-state index in [1.165, 1.54) is 18.3 Å². The van der Waals surface area contributed by atoms with Crippen molar-refractivity contribution in [2.24, 2.45) is 0 Å². The largest absolute Gasteiger partial charge is 0.477 e. The number of hydrogen-bond donors (Lipinski definition) is 2. The molecule has 8 nitrogen and oxygen atoms in total. The summed E-state index contributed by atoms with van der Waals surface area (Å²) in [7, 11) is 0. The van der Waals surface area contributed by atoms with Crippen molar-refractivity contribution in [2.45, 2.75) is 19.8 Å². The molecule has 0 spiro atoms. The number of carbonyl (C=O) groups is 3. The highest BCUT2D eigenvalue weighted by atomic mass is 35.5. The molecule has 4 aromatic rings. The van der Waals surface area contributed by atoms with Crippen molar-refractivity contribution in [3.8, 4) is 11.6 Å². The molecule has 198 valence electrons. The van der Waals surface area contributed by atoms with Crippen LogP contribution in [0.25, 0.3) is 0 Å². The van der Waals surface area contributed by atoms with Crippen LogP contribution in [-0.2, 0) is 6.42 Å². The first-order chi connectivity index (χ1) is 18.7. The number of nitrogens with one attached hydrogen (secondary N) is 1. The molecule has 0 saturated heterocycles. The van der Waals surface area contributed by atoms with Gasteiger partial charge in [-0.2, -0.15) is 0 Å². The minimum Gasteiger partial charge on any atom is -0.477 e. The van der Waals surface area contributed by atoms with Gasteiger partial charge in [-0.1, -0.05) is 41.4 Å². The van der Waals surface area contributed by atoms with E-state index in [1.54, 1.807) is 30.0 Å². The van der Waals surface area contributed by atoms with Gasteiger partial charge in [-0.15, -0.1) is 11.3 Å². The lowest BCUT2D eigenvalue weighted by Gasteiger charge is -2.29. The number of aromatic carboxylic acids is 1. The predicted octanol–water partition coefficient (Wildman–Crippen LogP) is 7.09. The van der Waals surface area contributed by atoms with Gasteiger partial charge in [0.1, 0.15) is 16.2 Å². The highest BCUT2D eigenvalue weighted by Crippen LogP contribution is 2.37. The van der Waals surface area contributed by atoms with Gasteiger partial charge < -0.3 is 20.1 Å². The zero-order chi connectivity index (χ0) is 27.7. The summed E-state index contributed by atoms with van der Waals surface area (Å²) in [6.07, 6.45) is 3.24. The zero-order valence-corrected chi connectivity index (χ0v) is 22.9. The molecule has 3 heterocycles. The van der Waals surface area contributed by atoms with Crippen molar-refractivity contribution < 1.29 is 24.2 Å². The third kappa shape index (κ3) is 5.47. The van der Waals surface area contributed by atoms with Crippen LogP contribution in [0, 0.1) is 6.92 Å². The van der Waals surface area contributed by atoms with Crippen molar-refractivity contribution >= 4 is 63.0 Å². The van der Waals surface area contributed by atoms with E-state index in [1.807, 2.05) is 24.3 Å². The number of aromatic nitrogens is 1. The van der Waals surface area contributed by atoms with E-state index in [9.17, 15) is 19.5 Å². The molecular weight excluding hydrogens is 561 g/mol. The maximum atomic E-state index is 13.6. The van der Waals surface area contributed by atoms with Crippen LogP contribution < -0.4 is 15.0 Å². The fraction of sp³-hybridized carbons (Fsp3) is 0.143. The van der Waals surface area contributed by atoms with Gasteiger partial charge >= 0.3 is 5.97 Å². The molecule has 0 atom stereocenters. The Labute approximate surface area is 237 Å². The van der Waals surface area contributed by atoms with E-state index in [2.05, 4.69) is 10.3 Å². The van der Waals surface area contributed by atoms with Crippen LogP contribution in [0.4, 0.5) is 10.7 Å². The minimum absolute atomic E-state index is 0.0485. The molecule has 2 N–H and O–H groups in total. The number of fused-ring (bicyclic) bond motifs is 1. The Kier molecular flexibility index (Phi) is 7.56. The lowest BCUT2D eigenvalue weighted by atomic mass is 10.0. The number of rotatable bonds is 6. The molecule has 2 aromatic carbocycles. The first-order valence-electron chi connectivity index (χ1n) is 11.9. The Balaban J connectivity index is 1.39. The van der Waals surface area contributed by atoms with Gasteiger partial charge in [-0.3, -0.25) is 9.59 Å². The molecule has 0 aliphatic carbocycles. The number of amides is 2. The lowest BCUT2D eigenvalue weighted by Crippen LogP contribution is -2.35. The molecule has 0 radical (unpaired) electrons. The van der Waals surface area contributed by atoms with Gasteiger partial charge in [-0.05, 0) is 61.2 Å². The average Bonchev–Trinajstić information content (AvgIpc) is 3.30. The lowest BCUT2D eigenvalue weighted by molar-refractivity contribution is 0.0701. The SMILES string of the molecule is Cc1cc(NC(=O)c2cc(Cl)c(Oc3ncccc3C(=O)N3CCCc4ccccc43)cc2Cl)sc1C(=O)O. The van der Waals surface area contributed by atoms with E-state index in [0.29, 0.717) is 17.1 Å². The average molecular weight is 582 g/mol. The third-order valence-electron chi connectivity index (χ3n) is 6.18. The Morgan fingerprint density at radius 1 is 1.05 bits per heavy atom. The van der Waals surface area contributed by atoms with Crippen LogP contribution >= 0.6 is 34.5 Å². The Bertz CT molecular complexity index is 1620. The summed E-state index contributed by atoms with van der Waals surface area (Å²) in [5, 5.41) is 12.4. The number of benzene rings is 2. The number of nitrogens with zero attached hydrogens (tertiary/aromatic N) is 2. The van der Waals surface area contributed by atoms with Crippen molar-refractivity contribution in [3.05, 3.63) is 98.0 Å². The second kappa shape index (κ2) is 11.1. The topological polar surface area (TPSA) is 109 Å². The number of carboxylic acid groups (broad SMARTS) is 1. The van der Waals surface area contributed by atoms with E-state index in [0.717, 1.165) is 35.4 Å². The second-order valence-corrected chi connectivity index (χ2v) is 10.7. The maximum absolute atomic E-state index is 13.6. The smallest absolute Gasteiger partial charge is 0.346 e. The number of ether oxygens (including phenoxy) is 1. The molecule has 0 saturated carbocycles. The van der Waals surface area contributed by atoms with Gasteiger partial charge in [0, 0.05) is 24.5 Å². The summed E-state index contributed by atoms with van der Waals surface area (Å²) in [5.74, 6) is -1.72. The van der Waals surface area contributed by atoms with Crippen LogP contribution in [0.1, 0.15) is 47.9 Å². The zero-order valence-electron chi connectivity index (χ0n) is 20.5. The van der Waals surface area contributed by atoms with Crippen LogP contribution in [0.3, 0.4) is 0 Å². The summed E-state index contributed by atoms with van der Waals surface area (Å²) >= 11 is 13.8. The summed E-state index contributed by atoms with van der Waals surface area (Å²) in [6.45, 7) is 2.21. The molecule has 1 aliphatic rings. The molecule has 0 fully saturated rings.